The van der Waals surface area contributed by atoms with Crippen LogP contribution in [0.4, 0.5) is 5.95 Å². The summed E-state index contributed by atoms with van der Waals surface area (Å²) in [5.41, 5.74) is 0. The van der Waals surface area contributed by atoms with E-state index in [0.717, 1.165) is 0 Å². The second kappa shape index (κ2) is 3.56. The molecule has 0 aliphatic rings. The highest BCUT2D eigenvalue weighted by molar-refractivity contribution is 5.19. The highest BCUT2D eigenvalue weighted by Crippen LogP contribution is 2.13. The van der Waals surface area contributed by atoms with Gasteiger partial charge in [0.05, 0.1) is 14.2 Å². The maximum Gasteiger partial charge on any atom is 0.324 e. The molecule has 0 aliphatic heterocycles. The molecule has 0 aliphatic carbocycles. The first-order valence-electron chi connectivity index (χ1n) is 2.97. The molecule has 0 unspecified atom stereocenters. The van der Waals surface area contributed by atoms with Crippen LogP contribution in [-0.2, 0) is 0 Å². The number of hydrogen-bond acceptors (Lipinski definition) is 7. The molecule has 7 nitrogen and oxygen atoms in total. The van der Waals surface area contributed by atoms with Gasteiger partial charge in [0.25, 0.3) is 5.95 Å². The molecule has 0 fully saturated rings. The number of ether oxygens (including phenoxy) is 2. The summed E-state index contributed by atoms with van der Waals surface area (Å²) in [5, 5.41) is 2.52. The van der Waals surface area contributed by atoms with E-state index in [9.17, 15) is 4.91 Å². The Morgan fingerprint density at radius 3 is 1.92 bits per heavy atom. The summed E-state index contributed by atoms with van der Waals surface area (Å²) in [4.78, 5) is 20.7. The Balaban J connectivity index is 3.09. The van der Waals surface area contributed by atoms with Gasteiger partial charge in [-0.25, -0.2) is 0 Å². The largest absolute Gasteiger partial charge is 0.467 e. The van der Waals surface area contributed by atoms with Crippen molar-refractivity contribution in [3.63, 3.8) is 0 Å². The van der Waals surface area contributed by atoms with E-state index in [1.807, 2.05) is 0 Å². The molecule has 1 rings (SSSR count). The van der Waals surface area contributed by atoms with Gasteiger partial charge >= 0.3 is 12.0 Å². The molecular weight excluding hydrogens is 164 g/mol. The second-order valence-electron chi connectivity index (χ2n) is 1.70. The Bertz CT molecular complexity index is 268. The first-order chi connectivity index (χ1) is 5.80. The zero-order valence-corrected chi connectivity index (χ0v) is 6.51. The van der Waals surface area contributed by atoms with E-state index in [1.165, 1.54) is 14.2 Å². The summed E-state index contributed by atoms with van der Waals surface area (Å²) < 4.78 is 9.32. The van der Waals surface area contributed by atoms with Crippen LogP contribution < -0.4 is 9.47 Å². The first kappa shape index (κ1) is 8.31. The van der Waals surface area contributed by atoms with Crippen LogP contribution in [0.3, 0.4) is 0 Å². The van der Waals surface area contributed by atoms with Gasteiger partial charge < -0.3 is 9.47 Å². The third-order valence-electron chi connectivity index (χ3n) is 1.03. The number of nitrogens with zero attached hydrogens (tertiary/aromatic N) is 4. The molecule has 1 heterocycles. The van der Waals surface area contributed by atoms with E-state index >= 15 is 0 Å². The molecule has 64 valence electrons. The molecule has 0 amide bonds. The third-order valence-corrected chi connectivity index (χ3v) is 1.03. The van der Waals surface area contributed by atoms with Crippen LogP contribution in [0.25, 0.3) is 0 Å². The molecule has 0 radical (unpaired) electrons. The quantitative estimate of drug-likeness (QED) is 0.605. The van der Waals surface area contributed by atoms with Crippen molar-refractivity contribution in [2.24, 2.45) is 5.18 Å². The van der Waals surface area contributed by atoms with Gasteiger partial charge in [-0.2, -0.15) is 9.97 Å². The van der Waals surface area contributed by atoms with E-state index in [1.54, 1.807) is 0 Å². The first-order valence-corrected chi connectivity index (χ1v) is 2.97. The average Bonchev–Trinajstić information content (AvgIpc) is 2.16. The molecule has 0 saturated heterocycles. The van der Waals surface area contributed by atoms with Gasteiger partial charge in [-0.15, -0.1) is 9.89 Å². The summed E-state index contributed by atoms with van der Waals surface area (Å²) in [6.45, 7) is 0. The Labute approximate surface area is 67.7 Å². The molecule has 0 N–H and O–H groups in total. The lowest BCUT2D eigenvalue weighted by molar-refractivity contribution is 0.341. The fourth-order valence-electron chi connectivity index (χ4n) is 0.551. The molecule has 0 aromatic carbocycles. The Hall–Kier alpha value is -1.79. The van der Waals surface area contributed by atoms with Crippen molar-refractivity contribution >= 4 is 5.95 Å². The van der Waals surface area contributed by atoms with Gasteiger partial charge in [-0.3, -0.25) is 0 Å². The van der Waals surface area contributed by atoms with E-state index < -0.39 is 0 Å². The Morgan fingerprint density at radius 2 is 1.58 bits per heavy atom. The van der Waals surface area contributed by atoms with E-state index in [0.29, 0.717) is 0 Å². The number of methoxy groups -OCH3 is 2. The standard InChI is InChI=1S/C5H6N4O3/c1-11-4-6-3(9-10)7-5(8-4)12-2/h1-2H3. The predicted octanol–water partition coefficient (Wildman–Crippen LogP) is 0.287. The summed E-state index contributed by atoms with van der Waals surface area (Å²) in [6, 6.07) is -0.00657. The predicted molar refractivity (Wildman–Crippen MR) is 38.4 cm³/mol. The zero-order chi connectivity index (χ0) is 8.97. The van der Waals surface area contributed by atoms with Crippen molar-refractivity contribution < 1.29 is 9.47 Å². The van der Waals surface area contributed by atoms with E-state index in [2.05, 4.69) is 29.6 Å². The van der Waals surface area contributed by atoms with Crippen molar-refractivity contribution in [3.8, 4) is 12.0 Å². The molecule has 0 spiro atoms. The topological polar surface area (TPSA) is 86.6 Å². The van der Waals surface area contributed by atoms with Crippen LogP contribution in [0.2, 0.25) is 0 Å². The van der Waals surface area contributed by atoms with Crippen LogP contribution in [0.1, 0.15) is 0 Å². The van der Waals surface area contributed by atoms with Crippen molar-refractivity contribution in [1.29, 1.82) is 0 Å². The minimum Gasteiger partial charge on any atom is -0.467 e. The second-order valence-corrected chi connectivity index (χ2v) is 1.70. The van der Waals surface area contributed by atoms with Crippen LogP contribution >= 0.6 is 0 Å². The highest BCUT2D eigenvalue weighted by atomic mass is 16.5. The molecule has 7 heteroatoms. The smallest absolute Gasteiger partial charge is 0.324 e. The van der Waals surface area contributed by atoms with Gasteiger partial charge in [0.1, 0.15) is 0 Å². The molecular formula is C5H6N4O3. The minimum absolute atomic E-state index is 0.00329. The van der Waals surface area contributed by atoms with Crippen molar-refractivity contribution in [2.45, 2.75) is 0 Å². The average molecular weight is 170 g/mol. The highest BCUT2D eigenvalue weighted by Gasteiger charge is 2.05. The van der Waals surface area contributed by atoms with Crippen molar-refractivity contribution in [2.75, 3.05) is 14.2 Å². The molecule has 1 aromatic heterocycles. The van der Waals surface area contributed by atoms with Gasteiger partial charge in [0, 0.05) is 5.18 Å². The van der Waals surface area contributed by atoms with Crippen LogP contribution in [0.5, 0.6) is 12.0 Å². The molecule has 1 aromatic rings. The molecule has 0 atom stereocenters. The fraction of sp³-hybridized carbons (Fsp3) is 0.400. The monoisotopic (exact) mass is 170 g/mol. The summed E-state index contributed by atoms with van der Waals surface area (Å²) >= 11 is 0. The van der Waals surface area contributed by atoms with Crippen LogP contribution in [-0.4, -0.2) is 29.2 Å². The zero-order valence-electron chi connectivity index (χ0n) is 6.51. The normalized spacial score (nSPS) is 9.17. The number of hydrogen-bond donors (Lipinski definition) is 0. The number of aromatic nitrogens is 3. The number of nitroso groups, excluding NO2 is 1. The molecule has 0 bridgehead atoms. The molecule has 12 heavy (non-hydrogen) atoms. The van der Waals surface area contributed by atoms with Crippen LogP contribution in [0, 0.1) is 4.91 Å². The lowest BCUT2D eigenvalue weighted by Gasteiger charge is -1.99. The molecule has 0 saturated carbocycles. The van der Waals surface area contributed by atoms with Crippen molar-refractivity contribution in [1.82, 2.24) is 15.0 Å². The summed E-state index contributed by atoms with van der Waals surface area (Å²) in [7, 11) is 2.73. The maximum absolute atomic E-state index is 10.0. The van der Waals surface area contributed by atoms with Gasteiger partial charge in [0.15, 0.2) is 0 Å². The van der Waals surface area contributed by atoms with Crippen molar-refractivity contribution in [3.05, 3.63) is 4.91 Å². The van der Waals surface area contributed by atoms with Gasteiger partial charge in [0.2, 0.25) is 0 Å². The third kappa shape index (κ3) is 1.62. The summed E-state index contributed by atoms with van der Waals surface area (Å²) in [5.74, 6) is -0.265. The lowest BCUT2D eigenvalue weighted by Crippen LogP contribution is -1.97. The van der Waals surface area contributed by atoms with Gasteiger partial charge in [-0.1, -0.05) is 0 Å². The lowest BCUT2D eigenvalue weighted by atomic mass is 10.9. The minimum atomic E-state index is -0.265. The number of rotatable bonds is 3. The fourth-order valence-corrected chi connectivity index (χ4v) is 0.551. The maximum atomic E-state index is 10.0. The Kier molecular flexibility index (Phi) is 2.46. The Morgan fingerprint density at radius 1 is 1.08 bits per heavy atom. The van der Waals surface area contributed by atoms with E-state index in [4.69, 9.17) is 0 Å². The summed E-state index contributed by atoms with van der Waals surface area (Å²) in [6.07, 6.45) is 0. The van der Waals surface area contributed by atoms with E-state index in [-0.39, 0.29) is 18.0 Å². The SMILES string of the molecule is COc1nc(N=O)nc(OC)n1. The van der Waals surface area contributed by atoms with Gasteiger partial charge in [-0.05, 0) is 0 Å². The van der Waals surface area contributed by atoms with Crippen LogP contribution in [0.15, 0.2) is 5.18 Å².